The van der Waals surface area contributed by atoms with E-state index in [0.29, 0.717) is 4.90 Å². The summed E-state index contributed by atoms with van der Waals surface area (Å²) in [5.74, 6) is -3.81. The predicted molar refractivity (Wildman–Crippen MR) is 116 cm³/mol. The van der Waals surface area contributed by atoms with E-state index in [1.807, 2.05) is 0 Å². The molecular formula is C23H19F4N5O2. The van der Waals surface area contributed by atoms with Crippen LogP contribution in [0, 0.1) is 17.1 Å². The van der Waals surface area contributed by atoms with Gasteiger partial charge in [-0.25, -0.2) is 4.39 Å². The predicted octanol–water partition coefficient (Wildman–Crippen LogP) is 3.35. The lowest BCUT2D eigenvalue weighted by Gasteiger charge is -2.42. The Balaban J connectivity index is 2.17. The van der Waals surface area contributed by atoms with Crippen LogP contribution in [0.25, 0.3) is 0 Å². The normalized spacial score (nSPS) is 18.5. The molecule has 2 aromatic carbocycles. The zero-order valence-electron chi connectivity index (χ0n) is 17.8. The van der Waals surface area contributed by atoms with Crippen LogP contribution < -0.4 is 11.1 Å². The second-order valence-electron chi connectivity index (χ2n) is 7.41. The SMILES string of the molecule is CN=CC(=CN)[C@@H]1[C@@H](C(=O)Nc2ccc(F)c(C#N)c2)c2ccccc2C(=O)N1CC(F)(F)F. The van der Waals surface area contributed by atoms with Gasteiger partial charge in [0.25, 0.3) is 5.91 Å². The van der Waals surface area contributed by atoms with Crippen molar-refractivity contribution in [3.63, 3.8) is 0 Å². The summed E-state index contributed by atoms with van der Waals surface area (Å²) in [6, 6.07) is 9.34. The first kappa shape index (κ1) is 24.4. The standard InChI is InChI=1S/C23H19F4N5O2/c1-30-11-14(10-29)20-19(21(33)31-15-6-7-18(24)13(8-15)9-28)16-4-2-3-5-17(16)22(34)32(20)12-23(25,26)27/h2-8,10-11,19-20H,12,29H2,1H3,(H,31,33)/t19-,20+/m0/s1. The first-order valence-electron chi connectivity index (χ1n) is 9.92. The zero-order valence-corrected chi connectivity index (χ0v) is 17.8. The minimum atomic E-state index is -4.76. The third kappa shape index (κ3) is 4.91. The Bertz CT molecular complexity index is 1220. The molecule has 2 aromatic rings. The van der Waals surface area contributed by atoms with Crippen LogP contribution in [0.15, 0.2) is 59.2 Å². The summed E-state index contributed by atoms with van der Waals surface area (Å²) in [4.78, 5) is 30.9. The highest BCUT2D eigenvalue weighted by molar-refractivity contribution is 6.06. The van der Waals surface area contributed by atoms with Gasteiger partial charge < -0.3 is 16.0 Å². The summed E-state index contributed by atoms with van der Waals surface area (Å²) in [6.07, 6.45) is -2.58. The van der Waals surface area contributed by atoms with Crippen LogP contribution in [0.3, 0.4) is 0 Å². The van der Waals surface area contributed by atoms with Crippen molar-refractivity contribution in [2.45, 2.75) is 18.1 Å². The van der Waals surface area contributed by atoms with Gasteiger partial charge in [0.1, 0.15) is 18.4 Å². The molecule has 0 spiro atoms. The van der Waals surface area contributed by atoms with E-state index >= 15 is 0 Å². The molecule has 2 amide bonds. The van der Waals surface area contributed by atoms with Crippen LogP contribution in [-0.2, 0) is 4.79 Å². The van der Waals surface area contributed by atoms with Gasteiger partial charge in [-0.2, -0.15) is 18.4 Å². The Morgan fingerprint density at radius 1 is 1.29 bits per heavy atom. The summed E-state index contributed by atoms with van der Waals surface area (Å²) in [7, 11) is 1.37. The Morgan fingerprint density at radius 2 is 2.00 bits per heavy atom. The topological polar surface area (TPSA) is 112 Å². The van der Waals surface area contributed by atoms with Gasteiger partial charge in [-0.15, -0.1) is 0 Å². The lowest BCUT2D eigenvalue weighted by molar-refractivity contribution is -0.146. The van der Waals surface area contributed by atoms with Gasteiger partial charge >= 0.3 is 6.18 Å². The first-order chi connectivity index (χ1) is 16.1. The van der Waals surface area contributed by atoms with Crippen LogP contribution in [0.4, 0.5) is 23.2 Å². The van der Waals surface area contributed by atoms with Gasteiger partial charge in [0.2, 0.25) is 5.91 Å². The second-order valence-corrected chi connectivity index (χ2v) is 7.41. The molecule has 0 bridgehead atoms. The number of hydrogen-bond acceptors (Lipinski definition) is 5. The van der Waals surface area contributed by atoms with E-state index < -0.39 is 42.3 Å². The highest BCUT2D eigenvalue weighted by Gasteiger charge is 2.48. The third-order valence-corrected chi connectivity index (χ3v) is 5.24. The molecule has 0 aromatic heterocycles. The quantitative estimate of drug-likeness (QED) is 0.512. The van der Waals surface area contributed by atoms with E-state index in [1.54, 1.807) is 12.1 Å². The van der Waals surface area contributed by atoms with Crippen LogP contribution in [0.1, 0.15) is 27.4 Å². The molecule has 11 heteroatoms. The van der Waals surface area contributed by atoms with E-state index in [1.165, 1.54) is 37.5 Å². The van der Waals surface area contributed by atoms with Crippen LogP contribution in [-0.4, -0.2) is 48.7 Å². The fourth-order valence-electron chi connectivity index (χ4n) is 3.89. The highest BCUT2D eigenvalue weighted by Crippen LogP contribution is 2.38. The molecule has 0 aliphatic carbocycles. The number of rotatable bonds is 5. The van der Waals surface area contributed by atoms with E-state index in [2.05, 4.69) is 10.3 Å². The number of nitrogens with one attached hydrogen (secondary N) is 1. The van der Waals surface area contributed by atoms with Gasteiger partial charge in [-0.3, -0.25) is 14.6 Å². The summed E-state index contributed by atoms with van der Waals surface area (Å²) in [5, 5.41) is 11.6. The number of alkyl halides is 3. The number of nitrogens with two attached hydrogens (primary N) is 1. The van der Waals surface area contributed by atoms with E-state index in [-0.39, 0.29) is 28.0 Å². The maximum Gasteiger partial charge on any atom is 0.406 e. The number of anilines is 1. The van der Waals surface area contributed by atoms with Crippen molar-refractivity contribution in [1.82, 2.24) is 4.90 Å². The Kier molecular flexibility index (Phi) is 7.00. The number of carbonyl (C=O) groups excluding carboxylic acids is 2. The van der Waals surface area contributed by atoms with Gasteiger partial charge in [-0.05, 0) is 29.8 Å². The van der Waals surface area contributed by atoms with E-state index in [9.17, 15) is 27.2 Å². The van der Waals surface area contributed by atoms with Gasteiger partial charge in [0.15, 0.2) is 0 Å². The van der Waals surface area contributed by atoms with Crippen molar-refractivity contribution in [1.29, 1.82) is 5.26 Å². The monoisotopic (exact) mass is 473 g/mol. The number of amides is 2. The zero-order chi connectivity index (χ0) is 25.0. The summed E-state index contributed by atoms with van der Waals surface area (Å²) >= 11 is 0. The number of benzene rings is 2. The van der Waals surface area contributed by atoms with Crippen molar-refractivity contribution in [2.24, 2.45) is 10.7 Å². The Hall–Kier alpha value is -4.20. The molecule has 1 aliphatic heterocycles. The van der Waals surface area contributed by atoms with Crippen molar-refractivity contribution >= 4 is 23.7 Å². The van der Waals surface area contributed by atoms with Crippen molar-refractivity contribution in [3.8, 4) is 6.07 Å². The number of halogens is 4. The Morgan fingerprint density at radius 3 is 2.62 bits per heavy atom. The number of carbonyl (C=O) groups is 2. The molecule has 0 fully saturated rings. The molecule has 0 saturated carbocycles. The molecular weight excluding hydrogens is 454 g/mol. The van der Waals surface area contributed by atoms with Gasteiger partial charge in [0, 0.05) is 36.3 Å². The van der Waals surface area contributed by atoms with Crippen LogP contribution in [0.5, 0.6) is 0 Å². The number of aliphatic imine (C=N–C) groups is 1. The Labute approximate surface area is 192 Å². The van der Waals surface area contributed by atoms with Crippen LogP contribution in [0.2, 0.25) is 0 Å². The maximum atomic E-state index is 13.7. The van der Waals surface area contributed by atoms with E-state index in [0.717, 1.165) is 18.3 Å². The number of nitrogens with zero attached hydrogens (tertiary/aromatic N) is 3. The molecule has 0 radical (unpaired) electrons. The number of nitriles is 1. The highest BCUT2D eigenvalue weighted by atomic mass is 19.4. The molecule has 34 heavy (non-hydrogen) atoms. The molecule has 0 unspecified atom stereocenters. The maximum absolute atomic E-state index is 13.7. The van der Waals surface area contributed by atoms with E-state index in [4.69, 9.17) is 11.0 Å². The summed E-state index contributed by atoms with van der Waals surface area (Å²) in [5.41, 5.74) is 5.55. The van der Waals surface area contributed by atoms with Crippen molar-refractivity contribution in [3.05, 3.63) is 76.7 Å². The number of fused-ring (bicyclic) bond motifs is 1. The summed E-state index contributed by atoms with van der Waals surface area (Å²) < 4.78 is 54.1. The van der Waals surface area contributed by atoms with Gasteiger partial charge in [0.05, 0.1) is 17.5 Å². The lowest BCUT2D eigenvalue weighted by atomic mass is 9.79. The van der Waals surface area contributed by atoms with Crippen molar-refractivity contribution in [2.75, 3.05) is 18.9 Å². The van der Waals surface area contributed by atoms with Crippen LogP contribution >= 0.6 is 0 Å². The largest absolute Gasteiger partial charge is 0.406 e. The fourth-order valence-corrected chi connectivity index (χ4v) is 3.89. The first-order valence-corrected chi connectivity index (χ1v) is 9.92. The lowest BCUT2D eigenvalue weighted by Crippen LogP contribution is -2.55. The molecule has 3 N–H and O–H groups in total. The minimum absolute atomic E-state index is 0.0200. The molecule has 1 heterocycles. The van der Waals surface area contributed by atoms with Gasteiger partial charge in [-0.1, -0.05) is 18.2 Å². The smallest absolute Gasteiger partial charge is 0.404 e. The molecule has 2 atom stereocenters. The molecule has 7 nitrogen and oxygen atoms in total. The fraction of sp³-hybridized carbons (Fsp3) is 0.217. The molecule has 1 aliphatic rings. The average Bonchev–Trinajstić information content (AvgIpc) is 2.79. The number of hydrogen-bond donors (Lipinski definition) is 2. The summed E-state index contributed by atoms with van der Waals surface area (Å²) in [6.45, 7) is -1.63. The third-order valence-electron chi connectivity index (χ3n) is 5.24. The average molecular weight is 473 g/mol. The minimum Gasteiger partial charge on any atom is -0.404 e. The molecule has 176 valence electrons. The molecule has 0 saturated heterocycles. The van der Waals surface area contributed by atoms with Crippen molar-refractivity contribution < 1.29 is 27.2 Å². The second kappa shape index (κ2) is 9.74. The molecule has 3 rings (SSSR count).